The van der Waals surface area contributed by atoms with E-state index in [-0.39, 0.29) is 6.04 Å². The van der Waals surface area contributed by atoms with Gasteiger partial charge in [-0.25, -0.2) is 0 Å². The predicted molar refractivity (Wildman–Crippen MR) is 70.0 cm³/mol. The van der Waals surface area contributed by atoms with Crippen LogP contribution in [0.3, 0.4) is 0 Å². The number of hydrogen-bond donors (Lipinski definition) is 1. The minimum Gasteiger partial charge on any atom is -0.494 e. The molecule has 1 unspecified atom stereocenters. The number of halogens is 1. The molecule has 1 aromatic heterocycles. The van der Waals surface area contributed by atoms with Crippen molar-refractivity contribution in [2.24, 2.45) is 5.73 Å². The maximum absolute atomic E-state index is 6.17. The lowest BCUT2D eigenvalue weighted by atomic mass is 10.0. The normalized spacial score (nSPS) is 12.4. The molecule has 0 bridgehead atoms. The SMILES string of the molecule is CCOc1ccc(Br)cc1C(N)c1ccco1. The van der Waals surface area contributed by atoms with Gasteiger partial charge in [-0.1, -0.05) is 15.9 Å². The third-order valence-corrected chi connectivity index (χ3v) is 2.95. The Morgan fingerprint density at radius 3 is 2.88 bits per heavy atom. The Kier molecular flexibility index (Phi) is 3.86. The average Bonchev–Trinajstić information content (AvgIpc) is 2.84. The van der Waals surface area contributed by atoms with E-state index < -0.39 is 0 Å². The van der Waals surface area contributed by atoms with Gasteiger partial charge in [-0.3, -0.25) is 0 Å². The molecule has 0 saturated carbocycles. The van der Waals surface area contributed by atoms with Crippen LogP contribution in [0.15, 0.2) is 45.5 Å². The quantitative estimate of drug-likeness (QED) is 0.939. The van der Waals surface area contributed by atoms with Crippen LogP contribution < -0.4 is 10.5 Å². The van der Waals surface area contributed by atoms with Gasteiger partial charge in [0.25, 0.3) is 0 Å². The Balaban J connectivity index is 2.38. The molecule has 0 fully saturated rings. The van der Waals surface area contributed by atoms with Crippen molar-refractivity contribution in [1.82, 2.24) is 0 Å². The van der Waals surface area contributed by atoms with Crippen LogP contribution in [-0.4, -0.2) is 6.61 Å². The highest BCUT2D eigenvalue weighted by Crippen LogP contribution is 2.31. The fourth-order valence-electron chi connectivity index (χ4n) is 1.67. The molecule has 4 heteroatoms. The van der Waals surface area contributed by atoms with Crippen molar-refractivity contribution in [2.45, 2.75) is 13.0 Å². The lowest BCUT2D eigenvalue weighted by Gasteiger charge is -2.15. The van der Waals surface area contributed by atoms with E-state index in [2.05, 4.69) is 15.9 Å². The van der Waals surface area contributed by atoms with Gasteiger partial charge < -0.3 is 14.9 Å². The van der Waals surface area contributed by atoms with Crippen molar-refractivity contribution in [1.29, 1.82) is 0 Å². The summed E-state index contributed by atoms with van der Waals surface area (Å²) in [5, 5.41) is 0. The van der Waals surface area contributed by atoms with Crippen LogP contribution in [0.25, 0.3) is 0 Å². The first kappa shape index (κ1) is 12.2. The number of nitrogens with two attached hydrogens (primary N) is 1. The van der Waals surface area contributed by atoms with Gasteiger partial charge in [0.05, 0.1) is 18.9 Å². The second-order valence-corrected chi connectivity index (χ2v) is 4.52. The number of hydrogen-bond acceptors (Lipinski definition) is 3. The lowest BCUT2D eigenvalue weighted by molar-refractivity contribution is 0.333. The molecule has 0 spiro atoms. The molecular weight excluding hydrogens is 282 g/mol. The van der Waals surface area contributed by atoms with Gasteiger partial charge in [-0.05, 0) is 37.3 Å². The first-order valence-corrected chi connectivity index (χ1v) is 6.23. The zero-order chi connectivity index (χ0) is 12.3. The van der Waals surface area contributed by atoms with E-state index in [1.54, 1.807) is 6.26 Å². The summed E-state index contributed by atoms with van der Waals surface area (Å²) in [4.78, 5) is 0. The third kappa shape index (κ3) is 2.70. The molecule has 1 aromatic carbocycles. The molecule has 2 rings (SSSR count). The molecule has 2 N–H and O–H groups in total. The summed E-state index contributed by atoms with van der Waals surface area (Å²) in [5.41, 5.74) is 7.08. The fraction of sp³-hybridized carbons (Fsp3) is 0.231. The molecule has 0 radical (unpaired) electrons. The maximum atomic E-state index is 6.17. The van der Waals surface area contributed by atoms with Crippen molar-refractivity contribution in [3.05, 3.63) is 52.4 Å². The molecule has 1 heterocycles. The van der Waals surface area contributed by atoms with E-state index in [1.165, 1.54) is 0 Å². The third-order valence-electron chi connectivity index (χ3n) is 2.46. The molecule has 90 valence electrons. The van der Waals surface area contributed by atoms with Gasteiger partial charge in [-0.2, -0.15) is 0 Å². The molecule has 0 amide bonds. The highest BCUT2D eigenvalue weighted by atomic mass is 79.9. The summed E-state index contributed by atoms with van der Waals surface area (Å²) < 4.78 is 11.9. The standard InChI is InChI=1S/C13H14BrNO2/c1-2-16-11-6-5-9(14)8-10(11)13(15)12-4-3-7-17-12/h3-8,13H,2,15H2,1H3. The molecule has 17 heavy (non-hydrogen) atoms. The van der Waals surface area contributed by atoms with E-state index in [4.69, 9.17) is 14.9 Å². The Labute approximate surface area is 109 Å². The Morgan fingerprint density at radius 1 is 1.41 bits per heavy atom. The summed E-state index contributed by atoms with van der Waals surface area (Å²) in [6, 6.07) is 9.17. The molecule has 0 aliphatic carbocycles. The molecule has 1 atom stereocenters. The van der Waals surface area contributed by atoms with Crippen molar-refractivity contribution in [3.63, 3.8) is 0 Å². The number of benzene rings is 1. The second-order valence-electron chi connectivity index (χ2n) is 3.61. The largest absolute Gasteiger partial charge is 0.494 e. The molecule has 0 aliphatic rings. The smallest absolute Gasteiger partial charge is 0.125 e. The van der Waals surface area contributed by atoms with Crippen molar-refractivity contribution in [3.8, 4) is 5.75 Å². The minimum atomic E-state index is -0.316. The molecule has 3 nitrogen and oxygen atoms in total. The average molecular weight is 296 g/mol. The number of rotatable bonds is 4. The van der Waals surface area contributed by atoms with Gasteiger partial charge in [0.2, 0.25) is 0 Å². The van der Waals surface area contributed by atoms with Gasteiger partial charge in [0, 0.05) is 10.0 Å². The van der Waals surface area contributed by atoms with Gasteiger partial charge in [0.15, 0.2) is 0 Å². The highest BCUT2D eigenvalue weighted by molar-refractivity contribution is 9.10. The van der Waals surface area contributed by atoms with Crippen molar-refractivity contribution in [2.75, 3.05) is 6.61 Å². The molecule has 0 aliphatic heterocycles. The van der Waals surface area contributed by atoms with Crippen molar-refractivity contribution < 1.29 is 9.15 Å². The van der Waals surface area contributed by atoms with Crippen LogP contribution in [0, 0.1) is 0 Å². The number of furan rings is 1. The zero-order valence-corrected chi connectivity index (χ0v) is 11.1. The van der Waals surface area contributed by atoms with Crippen LogP contribution in [0.1, 0.15) is 24.3 Å². The van der Waals surface area contributed by atoms with E-state index in [9.17, 15) is 0 Å². The van der Waals surface area contributed by atoms with Crippen LogP contribution in [-0.2, 0) is 0 Å². The fourth-order valence-corrected chi connectivity index (χ4v) is 2.05. The topological polar surface area (TPSA) is 48.4 Å². The van der Waals surface area contributed by atoms with Crippen LogP contribution >= 0.6 is 15.9 Å². The first-order chi connectivity index (χ1) is 8.22. The van der Waals surface area contributed by atoms with Crippen molar-refractivity contribution >= 4 is 15.9 Å². The van der Waals surface area contributed by atoms with Gasteiger partial charge >= 0.3 is 0 Å². The van der Waals surface area contributed by atoms with E-state index in [0.717, 1.165) is 21.5 Å². The second kappa shape index (κ2) is 5.38. The molecule has 2 aromatic rings. The number of ether oxygens (including phenoxy) is 1. The first-order valence-electron chi connectivity index (χ1n) is 5.43. The highest BCUT2D eigenvalue weighted by Gasteiger charge is 2.16. The Morgan fingerprint density at radius 2 is 2.24 bits per heavy atom. The molecular formula is C13H14BrNO2. The summed E-state index contributed by atoms with van der Waals surface area (Å²) in [6.07, 6.45) is 1.62. The summed E-state index contributed by atoms with van der Waals surface area (Å²) in [6.45, 7) is 2.56. The Hall–Kier alpha value is -1.26. The minimum absolute atomic E-state index is 0.316. The van der Waals surface area contributed by atoms with Gasteiger partial charge in [0.1, 0.15) is 11.5 Å². The maximum Gasteiger partial charge on any atom is 0.125 e. The predicted octanol–water partition coefficient (Wildman–Crippen LogP) is 3.49. The lowest BCUT2D eigenvalue weighted by Crippen LogP contribution is -2.12. The monoisotopic (exact) mass is 295 g/mol. The summed E-state index contributed by atoms with van der Waals surface area (Å²) >= 11 is 3.44. The van der Waals surface area contributed by atoms with E-state index >= 15 is 0 Å². The van der Waals surface area contributed by atoms with Crippen LogP contribution in [0.2, 0.25) is 0 Å². The van der Waals surface area contributed by atoms with E-state index in [1.807, 2.05) is 37.3 Å². The van der Waals surface area contributed by atoms with Gasteiger partial charge in [-0.15, -0.1) is 0 Å². The Bertz CT molecular complexity index is 482. The summed E-state index contributed by atoms with van der Waals surface area (Å²) in [7, 11) is 0. The zero-order valence-electron chi connectivity index (χ0n) is 9.52. The summed E-state index contributed by atoms with van der Waals surface area (Å²) in [5.74, 6) is 1.52. The van der Waals surface area contributed by atoms with Crippen LogP contribution in [0.4, 0.5) is 0 Å². The van der Waals surface area contributed by atoms with Crippen LogP contribution in [0.5, 0.6) is 5.75 Å². The van der Waals surface area contributed by atoms with E-state index in [0.29, 0.717) is 6.61 Å². The molecule has 0 saturated heterocycles.